The molecule has 0 spiro atoms. The second-order valence-electron chi connectivity index (χ2n) is 6.07. The molecule has 2 N–H and O–H groups in total. The van der Waals surface area contributed by atoms with Gasteiger partial charge < -0.3 is 4.57 Å². The normalized spacial score (nSPS) is 12.3. The van der Waals surface area contributed by atoms with Crippen molar-refractivity contribution in [2.24, 2.45) is 10.1 Å². The van der Waals surface area contributed by atoms with Gasteiger partial charge in [0.05, 0.1) is 21.7 Å². The number of nitrogens with two attached hydrogens (primary N) is 1. The summed E-state index contributed by atoms with van der Waals surface area (Å²) < 4.78 is 25.5. The van der Waals surface area contributed by atoms with E-state index in [9.17, 15) is 13.2 Å². The number of thiazole rings is 1. The number of sulfonamides is 1. The van der Waals surface area contributed by atoms with E-state index in [1.54, 1.807) is 22.8 Å². The molecule has 0 aliphatic rings. The summed E-state index contributed by atoms with van der Waals surface area (Å²) in [5.74, 6) is 2.15. The van der Waals surface area contributed by atoms with E-state index in [0.29, 0.717) is 20.6 Å². The van der Waals surface area contributed by atoms with Crippen molar-refractivity contribution >= 4 is 37.5 Å². The first-order valence-electron chi connectivity index (χ1n) is 7.96. The molecule has 1 aromatic heterocycles. The first-order valence-corrected chi connectivity index (χ1v) is 10.3. The summed E-state index contributed by atoms with van der Waals surface area (Å²) in [7, 11) is -3.83. The smallest absolute Gasteiger partial charge is 0.279 e. The minimum atomic E-state index is -3.83. The van der Waals surface area contributed by atoms with Crippen molar-refractivity contribution in [2.75, 3.05) is 0 Å². The first-order chi connectivity index (χ1) is 12.7. The number of aromatic nitrogens is 1. The van der Waals surface area contributed by atoms with Crippen molar-refractivity contribution in [3.8, 4) is 12.3 Å². The Hall–Kier alpha value is -2.73. The molecule has 0 saturated heterocycles. The topological polar surface area (TPSA) is 94.5 Å². The van der Waals surface area contributed by atoms with Gasteiger partial charge >= 0.3 is 0 Å². The van der Waals surface area contributed by atoms with Gasteiger partial charge in [0.25, 0.3) is 5.91 Å². The summed E-state index contributed by atoms with van der Waals surface area (Å²) in [6, 6.07) is 9.87. The van der Waals surface area contributed by atoms with Crippen molar-refractivity contribution in [3.05, 3.63) is 57.9 Å². The highest BCUT2D eigenvalue weighted by molar-refractivity contribution is 7.89. The molecule has 0 atom stereocenters. The Balaban J connectivity index is 2.18. The molecular weight excluding hydrogens is 382 g/mol. The third-order valence-corrected chi connectivity index (χ3v) is 6.14. The Morgan fingerprint density at radius 2 is 1.96 bits per heavy atom. The minimum absolute atomic E-state index is 0.00357. The maximum Gasteiger partial charge on any atom is 0.279 e. The fourth-order valence-corrected chi connectivity index (χ4v) is 4.27. The second-order valence-corrected chi connectivity index (χ2v) is 8.64. The van der Waals surface area contributed by atoms with E-state index in [1.807, 2.05) is 19.9 Å². The highest BCUT2D eigenvalue weighted by Crippen LogP contribution is 2.21. The molecule has 0 unspecified atom stereocenters. The standard InChI is InChI=1S/C19H17N3O3S2/c1-4-9-22-16-8-7-15(27(20,24)25)11-17(16)26-19(22)21-18(23)14-6-5-12(2)13(3)10-14/h1,5-8,10-11H,9H2,2-3H3,(H2,20,24,25). The summed E-state index contributed by atoms with van der Waals surface area (Å²) in [4.78, 5) is 17.2. The third-order valence-electron chi connectivity index (χ3n) is 4.18. The Morgan fingerprint density at radius 3 is 2.59 bits per heavy atom. The van der Waals surface area contributed by atoms with Gasteiger partial charge in [-0.3, -0.25) is 4.79 Å². The number of terminal acetylenes is 1. The van der Waals surface area contributed by atoms with E-state index in [0.717, 1.165) is 11.1 Å². The Morgan fingerprint density at radius 1 is 1.22 bits per heavy atom. The van der Waals surface area contributed by atoms with Crippen LogP contribution < -0.4 is 9.94 Å². The van der Waals surface area contributed by atoms with Crippen LogP contribution in [0.4, 0.5) is 0 Å². The predicted octanol–water partition coefficient (Wildman–Crippen LogP) is 2.34. The number of hydrogen-bond acceptors (Lipinski definition) is 4. The zero-order chi connectivity index (χ0) is 19.8. The van der Waals surface area contributed by atoms with Crippen LogP contribution in [0.15, 0.2) is 46.3 Å². The molecule has 0 saturated carbocycles. The number of benzene rings is 2. The van der Waals surface area contributed by atoms with E-state index in [4.69, 9.17) is 11.6 Å². The molecule has 2 aromatic carbocycles. The number of carbonyl (C=O) groups is 1. The van der Waals surface area contributed by atoms with Gasteiger partial charge in [-0.15, -0.1) is 6.42 Å². The van der Waals surface area contributed by atoms with Crippen LogP contribution in [0.5, 0.6) is 0 Å². The Bertz CT molecular complexity index is 1280. The lowest BCUT2D eigenvalue weighted by atomic mass is 10.1. The number of rotatable bonds is 3. The number of nitrogens with zero attached hydrogens (tertiary/aromatic N) is 2. The molecule has 0 radical (unpaired) electrons. The second kappa shape index (κ2) is 7.12. The van der Waals surface area contributed by atoms with E-state index >= 15 is 0 Å². The monoisotopic (exact) mass is 399 g/mol. The lowest BCUT2D eigenvalue weighted by molar-refractivity contribution is 0.0998. The van der Waals surface area contributed by atoms with Crippen LogP contribution in [0.2, 0.25) is 0 Å². The summed E-state index contributed by atoms with van der Waals surface area (Å²) in [6.45, 7) is 4.10. The maximum atomic E-state index is 12.6. The van der Waals surface area contributed by atoms with Gasteiger partial charge in [-0.2, -0.15) is 4.99 Å². The molecule has 27 heavy (non-hydrogen) atoms. The summed E-state index contributed by atoms with van der Waals surface area (Å²) in [5.41, 5.74) is 3.26. The molecule has 1 heterocycles. The highest BCUT2D eigenvalue weighted by Gasteiger charge is 2.13. The molecule has 0 aliphatic carbocycles. The van der Waals surface area contributed by atoms with Crippen LogP contribution >= 0.6 is 11.3 Å². The average Bonchev–Trinajstić information content (AvgIpc) is 2.93. The lowest BCUT2D eigenvalue weighted by Crippen LogP contribution is -2.16. The van der Waals surface area contributed by atoms with E-state index in [1.165, 1.54) is 23.5 Å². The number of aryl methyl sites for hydroxylation is 2. The van der Waals surface area contributed by atoms with Crippen LogP contribution in [0.3, 0.4) is 0 Å². The van der Waals surface area contributed by atoms with Gasteiger partial charge in [-0.25, -0.2) is 13.6 Å². The van der Waals surface area contributed by atoms with Crippen molar-refractivity contribution in [2.45, 2.75) is 25.3 Å². The van der Waals surface area contributed by atoms with Crippen LogP contribution in [0.25, 0.3) is 10.2 Å². The van der Waals surface area contributed by atoms with Crippen molar-refractivity contribution < 1.29 is 13.2 Å². The van der Waals surface area contributed by atoms with E-state index in [2.05, 4.69) is 10.9 Å². The molecule has 0 bridgehead atoms. The molecule has 3 rings (SSSR count). The van der Waals surface area contributed by atoms with Crippen LogP contribution in [-0.4, -0.2) is 18.9 Å². The molecular formula is C19H17N3O3S2. The fourth-order valence-electron chi connectivity index (χ4n) is 2.59. The van der Waals surface area contributed by atoms with Crippen molar-refractivity contribution in [1.82, 2.24) is 4.57 Å². The third kappa shape index (κ3) is 3.85. The number of carbonyl (C=O) groups excluding carboxylic acids is 1. The van der Waals surface area contributed by atoms with E-state index < -0.39 is 10.0 Å². The Kier molecular flexibility index (Phi) is 5.02. The van der Waals surface area contributed by atoms with E-state index in [-0.39, 0.29) is 17.3 Å². The zero-order valence-corrected chi connectivity index (χ0v) is 16.4. The number of fused-ring (bicyclic) bond motifs is 1. The summed E-state index contributed by atoms with van der Waals surface area (Å²) >= 11 is 1.18. The number of primary sulfonamides is 1. The van der Waals surface area contributed by atoms with Gasteiger partial charge in [0.1, 0.15) is 0 Å². The minimum Gasteiger partial charge on any atom is -0.305 e. The molecule has 6 nitrogen and oxygen atoms in total. The molecule has 138 valence electrons. The van der Waals surface area contributed by atoms with Crippen molar-refractivity contribution in [1.29, 1.82) is 0 Å². The molecule has 3 aromatic rings. The molecule has 0 fully saturated rings. The maximum absolute atomic E-state index is 12.6. The first kappa shape index (κ1) is 19.0. The highest BCUT2D eigenvalue weighted by atomic mass is 32.2. The molecule has 0 aliphatic heterocycles. The average molecular weight is 399 g/mol. The predicted molar refractivity (Wildman–Crippen MR) is 106 cm³/mol. The largest absolute Gasteiger partial charge is 0.305 e. The molecule has 8 heteroatoms. The van der Waals surface area contributed by atoms with Gasteiger partial charge in [0.15, 0.2) is 4.80 Å². The molecule has 1 amide bonds. The number of amides is 1. The summed E-state index contributed by atoms with van der Waals surface area (Å²) in [5, 5.41) is 5.19. The van der Waals surface area contributed by atoms with Crippen molar-refractivity contribution in [3.63, 3.8) is 0 Å². The van der Waals surface area contributed by atoms with Gasteiger partial charge in [0.2, 0.25) is 10.0 Å². The Labute approximate surface area is 161 Å². The SMILES string of the molecule is C#CCn1c(=NC(=O)c2ccc(C)c(C)c2)sc2cc(S(N)(=O)=O)ccc21. The quantitative estimate of drug-likeness (QED) is 0.685. The summed E-state index contributed by atoms with van der Waals surface area (Å²) in [6.07, 6.45) is 5.45. The van der Waals surface area contributed by atoms with Crippen LogP contribution in [-0.2, 0) is 16.6 Å². The van der Waals surface area contributed by atoms with Gasteiger partial charge in [0, 0.05) is 5.56 Å². The van der Waals surface area contributed by atoms with Crippen LogP contribution in [0, 0.1) is 26.2 Å². The zero-order valence-electron chi connectivity index (χ0n) is 14.8. The lowest BCUT2D eigenvalue weighted by Gasteiger charge is -2.02. The van der Waals surface area contributed by atoms with Crippen LogP contribution in [0.1, 0.15) is 21.5 Å². The van der Waals surface area contributed by atoms with Gasteiger partial charge in [-0.1, -0.05) is 23.3 Å². The van der Waals surface area contributed by atoms with Gasteiger partial charge in [-0.05, 0) is 55.3 Å². The fraction of sp³-hybridized carbons (Fsp3) is 0.158. The number of hydrogen-bond donors (Lipinski definition) is 1.